The van der Waals surface area contributed by atoms with E-state index >= 15 is 0 Å². The van der Waals surface area contributed by atoms with Crippen molar-refractivity contribution in [3.05, 3.63) is 0 Å². The summed E-state index contributed by atoms with van der Waals surface area (Å²) in [5.41, 5.74) is 0. The second-order valence-corrected chi connectivity index (χ2v) is 3.91. The third-order valence-electron chi connectivity index (χ3n) is 1.42. The van der Waals surface area contributed by atoms with Gasteiger partial charge in [0.2, 0.25) is 0 Å². The van der Waals surface area contributed by atoms with E-state index in [0.29, 0.717) is 6.42 Å². The van der Waals surface area contributed by atoms with Crippen molar-refractivity contribution in [3.63, 3.8) is 0 Å². The molecule has 0 aliphatic heterocycles. The lowest BCUT2D eigenvalue weighted by Crippen LogP contribution is -1.94. The minimum Gasteiger partial charge on any atom is -0.283 e. The third kappa shape index (κ3) is 6.10. The molecule has 0 fully saturated rings. The van der Waals surface area contributed by atoms with Crippen LogP contribution in [0.1, 0.15) is 32.6 Å². The molecule has 80 valence electrons. The van der Waals surface area contributed by atoms with Crippen LogP contribution < -0.4 is 0 Å². The summed E-state index contributed by atoms with van der Waals surface area (Å²) in [7, 11) is -4.56. The van der Waals surface area contributed by atoms with Crippen molar-refractivity contribution < 1.29 is 27.6 Å². The van der Waals surface area contributed by atoms with Crippen LogP contribution in [0.25, 0.3) is 0 Å². The molecular weight excluding hydrogens is 205 g/mol. The zero-order valence-electron chi connectivity index (χ0n) is 7.37. The van der Waals surface area contributed by atoms with Crippen molar-refractivity contribution >= 4 is 7.82 Å². The number of hydrogen-bond donors (Lipinski definition) is 0. The molecule has 0 radical (unpaired) electrons. The minimum absolute atomic E-state index is 0.0505. The molecule has 0 rings (SSSR count). The van der Waals surface area contributed by atoms with E-state index < -0.39 is 7.82 Å². The van der Waals surface area contributed by atoms with Gasteiger partial charge in [0.15, 0.2) is 0 Å². The van der Waals surface area contributed by atoms with Crippen LogP contribution in [-0.2, 0) is 18.5 Å². The van der Waals surface area contributed by atoms with Crippen molar-refractivity contribution in [2.75, 3.05) is 6.61 Å². The van der Waals surface area contributed by atoms with E-state index in [1.54, 1.807) is 0 Å². The molecule has 7 heteroatoms. The van der Waals surface area contributed by atoms with Gasteiger partial charge in [-0.3, -0.25) is 4.52 Å². The number of rotatable bonds is 8. The maximum atomic E-state index is 11.4. The highest BCUT2D eigenvalue weighted by molar-refractivity contribution is 7.48. The molecule has 0 unspecified atom stereocenters. The van der Waals surface area contributed by atoms with Gasteiger partial charge in [0.1, 0.15) is 0 Å². The Hall–Kier alpha value is -0.0300. The van der Waals surface area contributed by atoms with Gasteiger partial charge in [0.05, 0.1) is 6.61 Å². The molecule has 0 amide bonds. The summed E-state index contributed by atoms with van der Waals surface area (Å²) in [6.45, 7) is 1.96. The highest BCUT2D eigenvalue weighted by atomic mass is 31.2. The molecule has 0 N–H and O–H groups in total. The van der Waals surface area contributed by atoms with Gasteiger partial charge in [0, 0.05) is 0 Å². The van der Waals surface area contributed by atoms with Gasteiger partial charge in [-0.1, -0.05) is 35.6 Å². The number of halogens is 2. The number of hydrogen-bond acceptors (Lipinski definition) is 4. The molecule has 0 spiro atoms. The molecule has 13 heavy (non-hydrogen) atoms. The Morgan fingerprint density at radius 3 is 2.23 bits per heavy atom. The highest BCUT2D eigenvalue weighted by Gasteiger charge is 2.29. The summed E-state index contributed by atoms with van der Waals surface area (Å²) in [5, 5.41) is 0. The molecule has 0 aromatic carbocycles. The summed E-state index contributed by atoms with van der Waals surface area (Å²) in [6, 6.07) is 0. The Labute approximate surface area is 75.6 Å². The van der Waals surface area contributed by atoms with Crippen LogP contribution in [0.2, 0.25) is 0 Å². The Morgan fingerprint density at radius 1 is 1.15 bits per heavy atom. The molecule has 0 aliphatic carbocycles. The van der Waals surface area contributed by atoms with Gasteiger partial charge in [-0.25, -0.2) is 4.57 Å². The molecule has 0 aromatic rings. The van der Waals surface area contributed by atoms with Crippen molar-refractivity contribution in [2.24, 2.45) is 0 Å². The first-order chi connectivity index (χ1) is 6.18. The first kappa shape index (κ1) is 13.0. The van der Waals surface area contributed by atoms with Crippen LogP contribution in [0, 0.1) is 0 Å². The number of phosphoric acid groups is 1. The highest BCUT2D eigenvalue weighted by Crippen LogP contribution is 2.50. The van der Waals surface area contributed by atoms with Crippen molar-refractivity contribution in [2.45, 2.75) is 32.6 Å². The lowest BCUT2D eigenvalue weighted by molar-refractivity contribution is -0.118. The molecule has 0 aromatic heterocycles. The SMILES string of the molecule is CCCCCCOP(=O)(OF)OF. The summed E-state index contributed by atoms with van der Waals surface area (Å²) >= 11 is 0. The predicted octanol–water partition coefficient (Wildman–Crippen LogP) is 3.49. The lowest BCUT2D eigenvalue weighted by atomic mass is 10.2. The smallest absolute Gasteiger partial charge is 0.283 e. The maximum absolute atomic E-state index is 11.4. The molecule has 0 saturated carbocycles. The summed E-state index contributed by atoms with van der Waals surface area (Å²) < 4.78 is 43.0. The van der Waals surface area contributed by atoms with E-state index in [0.717, 1.165) is 19.3 Å². The van der Waals surface area contributed by atoms with Crippen LogP contribution in [0.4, 0.5) is 9.05 Å². The second-order valence-electron chi connectivity index (χ2n) is 2.48. The minimum atomic E-state index is -4.56. The molecular formula is C6H13F2O4P. The van der Waals surface area contributed by atoms with E-state index in [4.69, 9.17) is 0 Å². The monoisotopic (exact) mass is 218 g/mol. The average Bonchev–Trinajstić information content (AvgIpc) is 2.17. The van der Waals surface area contributed by atoms with Gasteiger partial charge < -0.3 is 0 Å². The van der Waals surface area contributed by atoms with E-state index in [1.807, 2.05) is 6.92 Å². The molecule has 0 saturated heterocycles. The van der Waals surface area contributed by atoms with Crippen molar-refractivity contribution in [3.8, 4) is 0 Å². The zero-order valence-corrected chi connectivity index (χ0v) is 8.27. The normalized spacial score (nSPS) is 11.9. The lowest BCUT2D eigenvalue weighted by Gasteiger charge is -2.06. The Morgan fingerprint density at radius 2 is 1.77 bits per heavy atom. The quantitative estimate of drug-likeness (QED) is 0.462. The largest absolute Gasteiger partial charge is 0.537 e. The topological polar surface area (TPSA) is 44.8 Å². The first-order valence-electron chi connectivity index (χ1n) is 4.03. The summed E-state index contributed by atoms with van der Waals surface area (Å²) in [5.74, 6) is 0. The Kier molecular flexibility index (Phi) is 7.36. The van der Waals surface area contributed by atoms with Crippen LogP contribution in [0.5, 0.6) is 0 Å². The van der Waals surface area contributed by atoms with Gasteiger partial charge in [-0.15, -0.1) is 0 Å². The molecule has 0 bridgehead atoms. The predicted molar refractivity (Wildman–Crippen MR) is 42.1 cm³/mol. The van der Waals surface area contributed by atoms with Crippen molar-refractivity contribution in [1.82, 2.24) is 0 Å². The standard InChI is InChI=1S/C6H13F2O4P/c1-2-3-4-5-6-10-13(9,11-7)12-8/h2-6H2,1H3. The second kappa shape index (κ2) is 7.38. The van der Waals surface area contributed by atoms with Gasteiger partial charge in [-0.2, -0.15) is 0 Å². The van der Waals surface area contributed by atoms with Crippen LogP contribution in [0.15, 0.2) is 0 Å². The van der Waals surface area contributed by atoms with Crippen LogP contribution >= 0.6 is 7.82 Å². The van der Waals surface area contributed by atoms with E-state index in [1.165, 1.54) is 0 Å². The molecule has 0 heterocycles. The molecule has 4 nitrogen and oxygen atoms in total. The van der Waals surface area contributed by atoms with E-state index in [9.17, 15) is 13.6 Å². The fourth-order valence-corrected chi connectivity index (χ4v) is 1.21. The summed E-state index contributed by atoms with van der Waals surface area (Å²) in [6.07, 6.45) is 3.41. The van der Waals surface area contributed by atoms with E-state index in [-0.39, 0.29) is 6.61 Å². The van der Waals surface area contributed by atoms with Gasteiger partial charge in [0.25, 0.3) is 0 Å². The number of unbranched alkanes of at least 4 members (excludes halogenated alkanes) is 3. The van der Waals surface area contributed by atoms with Crippen LogP contribution in [-0.4, -0.2) is 6.61 Å². The Balaban J connectivity index is 3.45. The zero-order chi connectivity index (χ0) is 10.2. The fourth-order valence-electron chi connectivity index (χ4n) is 0.756. The first-order valence-corrected chi connectivity index (χ1v) is 5.50. The van der Waals surface area contributed by atoms with Crippen molar-refractivity contribution in [1.29, 1.82) is 0 Å². The Bertz CT molecular complexity index is 159. The summed E-state index contributed by atoms with van der Waals surface area (Å²) in [4.78, 5) is 0. The van der Waals surface area contributed by atoms with E-state index in [2.05, 4.69) is 14.0 Å². The average molecular weight is 218 g/mol. The molecule has 0 atom stereocenters. The fraction of sp³-hybridized carbons (Fsp3) is 1.00. The maximum Gasteiger partial charge on any atom is 0.537 e. The van der Waals surface area contributed by atoms with Gasteiger partial charge >= 0.3 is 7.82 Å². The van der Waals surface area contributed by atoms with Gasteiger partial charge in [-0.05, 0) is 15.5 Å². The molecule has 0 aliphatic rings. The van der Waals surface area contributed by atoms with Crippen LogP contribution in [0.3, 0.4) is 0 Å². The third-order valence-corrected chi connectivity index (χ3v) is 2.25.